The maximum absolute atomic E-state index is 13.3. The number of hydrogen-bond donors (Lipinski definition) is 1. The summed E-state index contributed by atoms with van der Waals surface area (Å²) < 4.78 is 31.9. The fourth-order valence-corrected chi connectivity index (χ4v) is 3.39. The van der Waals surface area contributed by atoms with E-state index in [1.807, 2.05) is 0 Å². The molecule has 3 aromatic carbocycles. The number of amides is 2. The van der Waals surface area contributed by atoms with Crippen molar-refractivity contribution in [1.29, 1.82) is 0 Å². The summed E-state index contributed by atoms with van der Waals surface area (Å²) >= 11 is 0. The number of anilines is 1. The molecule has 2 amide bonds. The van der Waals surface area contributed by atoms with Crippen LogP contribution in [0.5, 0.6) is 5.75 Å². The van der Waals surface area contributed by atoms with E-state index in [0.29, 0.717) is 22.6 Å². The summed E-state index contributed by atoms with van der Waals surface area (Å²) in [5.74, 6) is -1.45. The Kier molecular flexibility index (Phi) is 5.49. The van der Waals surface area contributed by atoms with E-state index in [0.717, 1.165) is 4.90 Å². The predicted octanol–water partition coefficient (Wildman–Crippen LogP) is 4.37. The van der Waals surface area contributed by atoms with Crippen LogP contribution in [0.15, 0.2) is 78.5 Å². The number of carbonyl (C=O) groups excluding carboxylic acids is 2. The fourth-order valence-electron chi connectivity index (χ4n) is 3.39. The number of hydrogen-bond acceptors (Lipinski definition) is 4. The van der Waals surface area contributed by atoms with Crippen molar-refractivity contribution in [2.24, 2.45) is 0 Å². The van der Waals surface area contributed by atoms with Crippen molar-refractivity contribution in [1.82, 2.24) is 4.90 Å². The molecule has 31 heavy (non-hydrogen) atoms. The van der Waals surface area contributed by atoms with Crippen LogP contribution in [0.25, 0.3) is 5.57 Å². The monoisotopic (exact) mass is 420 g/mol. The third kappa shape index (κ3) is 4.02. The molecule has 1 heterocycles. The third-order valence-electron chi connectivity index (χ3n) is 4.91. The molecule has 156 valence electrons. The van der Waals surface area contributed by atoms with Crippen LogP contribution < -0.4 is 10.1 Å². The molecule has 0 spiro atoms. The van der Waals surface area contributed by atoms with Crippen molar-refractivity contribution >= 4 is 23.1 Å². The van der Waals surface area contributed by atoms with Gasteiger partial charge in [-0.2, -0.15) is 0 Å². The van der Waals surface area contributed by atoms with Crippen molar-refractivity contribution in [2.45, 2.75) is 6.54 Å². The van der Waals surface area contributed by atoms with Crippen LogP contribution in [0.2, 0.25) is 0 Å². The average Bonchev–Trinajstić information content (AvgIpc) is 3.00. The first-order chi connectivity index (χ1) is 15.0. The lowest BCUT2D eigenvalue weighted by molar-refractivity contribution is -0.137. The zero-order chi connectivity index (χ0) is 22.0. The minimum absolute atomic E-state index is 0.0226. The Morgan fingerprint density at radius 2 is 1.45 bits per heavy atom. The van der Waals surface area contributed by atoms with E-state index < -0.39 is 23.4 Å². The van der Waals surface area contributed by atoms with E-state index in [1.165, 1.54) is 55.6 Å². The summed E-state index contributed by atoms with van der Waals surface area (Å²) in [6.45, 7) is -0.0226. The molecule has 1 aliphatic heterocycles. The molecule has 0 aromatic heterocycles. The first-order valence-electron chi connectivity index (χ1n) is 9.49. The topological polar surface area (TPSA) is 58.6 Å². The summed E-state index contributed by atoms with van der Waals surface area (Å²) in [5, 5.41) is 2.96. The molecule has 0 saturated heterocycles. The SMILES string of the molecule is COc1ccccc1C1=C(Nc2ccc(F)cc2)C(=O)N(Cc2ccc(F)cc2)C1=O. The molecule has 3 aromatic rings. The number of nitrogens with one attached hydrogen (secondary N) is 1. The lowest BCUT2D eigenvalue weighted by Crippen LogP contribution is -2.32. The van der Waals surface area contributed by atoms with E-state index in [1.54, 1.807) is 24.3 Å². The minimum Gasteiger partial charge on any atom is -0.496 e. The van der Waals surface area contributed by atoms with Gasteiger partial charge >= 0.3 is 0 Å². The summed E-state index contributed by atoms with van der Waals surface area (Å²) in [7, 11) is 1.48. The second-order valence-electron chi connectivity index (χ2n) is 6.91. The predicted molar refractivity (Wildman–Crippen MR) is 112 cm³/mol. The highest BCUT2D eigenvalue weighted by Gasteiger charge is 2.40. The molecule has 1 N–H and O–H groups in total. The normalized spacial score (nSPS) is 13.7. The van der Waals surface area contributed by atoms with Gasteiger partial charge in [0.2, 0.25) is 0 Å². The first-order valence-corrected chi connectivity index (χ1v) is 9.49. The van der Waals surface area contributed by atoms with Gasteiger partial charge in [0.15, 0.2) is 0 Å². The van der Waals surface area contributed by atoms with Gasteiger partial charge in [0.05, 0.1) is 19.2 Å². The van der Waals surface area contributed by atoms with Gasteiger partial charge in [-0.15, -0.1) is 0 Å². The van der Waals surface area contributed by atoms with Gasteiger partial charge in [0.1, 0.15) is 23.1 Å². The van der Waals surface area contributed by atoms with Crippen LogP contribution in [-0.2, 0) is 16.1 Å². The fraction of sp³-hybridized carbons (Fsp3) is 0.0833. The smallest absolute Gasteiger partial charge is 0.278 e. The number of ether oxygens (including phenoxy) is 1. The van der Waals surface area contributed by atoms with Crippen LogP contribution in [0.1, 0.15) is 11.1 Å². The van der Waals surface area contributed by atoms with Gasteiger partial charge in [-0.1, -0.05) is 30.3 Å². The Bertz CT molecular complexity index is 1170. The van der Waals surface area contributed by atoms with Crippen LogP contribution in [-0.4, -0.2) is 23.8 Å². The molecule has 0 aliphatic carbocycles. The lowest BCUT2D eigenvalue weighted by Gasteiger charge is -2.15. The molecule has 4 rings (SSSR count). The van der Waals surface area contributed by atoms with E-state index >= 15 is 0 Å². The number of imide groups is 1. The summed E-state index contributed by atoms with van der Waals surface area (Å²) in [6, 6.07) is 17.9. The van der Waals surface area contributed by atoms with E-state index in [-0.39, 0.29) is 17.8 Å². The highest BCUT2D eigenvalue weighted by Crippen LogP contribution is 2.35. The molecule has 0 atom stereocenters. The van der Waals surface area contributed by atoms with Crippen LogP contribution in [0.3, 0.4) is 0 Å². The van der Waals surface area contributed by atoms with Crippen molar-refractivity contribution in [3.8, 4) is 5.75 Å². The largest absolute Gasteiger partial charge is 0.496 e. The number of methoxy groups -OCH3 is 1. The Morgan fingerprint density at radius 1 is 0.839 bits per heavy atom. The van der Waals surface area contributed by atoms with Crippen molar-refractivity contribution in [3.63, 3.8) is 0 Å². The maximum Gasteiger partial charge on any atom is 0.278 e. The first kappa shape index (κ1) is 20.3. The standard InChI is InChI=1S/C24H18F2N2O3/c1-31-20-5-3-2-4-19(20)21-22(27-18-12-10-17(26)11-13-18)24(30)28(23(21)29)14-15-6-8-16(25)9-7-15/h2-13,27H,14H2,1H3. The number of para-hydroxylation sites is 1. The van der Waals surface area contributed by atoms with Crippen LogP contribution >= 0.6 is 0 Å². The number of rotatable bonds is 6. The lowest BCUT2D eigenvalue weighted by atomic mass is 10.0. The third-order valence-corrected chi connectivity index (χ3v) is 4.91. The number of nitrogens with zero attached hydrogens (tertiary/aromatic N) is 1. The number of benzene rings is 3. The molecule has 0 saturated carbocycles. The molecule has 5 nitrogen and oxygen atoms in total. The second-order valence-corrected chi connectivity index (χ2v) is 6.91. The quantitative estimate of drug-likeness (QED) is 0.602. The second kappa shape index (κ2) is 8.39. The zero-order valence-corrected chi connectivity index (χ0v) is 16.6. The van der Waals surface area contributed by atoms with Gasteiger partial charge in [-0.3, -0.25) is 14.5 Å². The summed E-state index contributed by atoms with van der Waals surface area (Å²) in [6.07, 6.45) is 0. The molecular formula is C24H18F2N2O3. The molecule has 0 bridgehead atoms. The molecule has 7 heteroatoms. The molecule has 0 fully saturated rings. The Hall–Kier alpha value is -4.00. The summed E-state index contributed by atoms with van der Waals surface area (Å²) in [4.78, 5) is 27.6. The highest BCUT2D eigenvalue weighted by molar-refractivity contribution is 6.36. The van der Waals surface area contributed by atoms with Crippen molar-refractivity contribution < 1.29 is 23.1 Å². The van der Waals surface area contributed by atoms with Gasteiger partial charge < -0.3 is 10.1 Å². The minimum atomic E-state index is -0.542. The van der Waals surface area contributed by atoms with Gasteiger partial charge in [-0.25, -0.2) is 8.78 Å². The van der Waals surface area contributed by atoms with Crippen LogP contribution in [0.4, 0.5) is 14.5 Å². The summed E-state index contributed by atoms with van der Waals surface area (Å²) in [5.41, 5.74) is 1.71. The zero-order valence-electron chi connectivity index (χ0n) is 16.6. The van der Waals surface area contributed by atoms with Crippen molar-refractivity contribution in [3.05, 3.63) is 101 Å². The van der Waals surface area contributed by atoms with Gasteiger partial charge in [0, 0.05) is 11.3 Å². The Balaban J connectivity index is 1.76. The molecule has 0 unspecified atom stereocenters. The molecule has 0 radical (unpaired) electrons. The molecule has 1 aliphatic rings. The average molecular weight is 420 g/mol. The highest BCUT2D eigenvalue weighted by atomic mass is 19.1. The van der Waals surface area contributed by atoms with E-state index in [9.17, 15) is 18.4 Å². The van der Waals surface area contributed by atoms with Crippen LogP contribution in [0, 0.1) is 11.6 Å². The maximum atomic E-state index is 13.3. The number of carbonyl (C=O) groups is 2. The molecular weight excluding hydrogens is 402 g/mol. The van der Waals surface area contributed by atoms with E-state index in [4.69, 9.17) is 4.74 Å². The van der Waals surface area contributed by atoms with E-state index in [2.05, 4.69) is 5.32 Å². The van der Waals surface area contributed by atoms with Gasteiger partial charge in [-0.05, 0) is 48.0 Å². The Labute approximate surface area is 177 Å². The van der Waals surface area contributed by atoms with Gasteiger partial charge in [0.25, 0.3) is 11.8 Å². The van der Waals surface area contributed by atoms with Crippen molar-refractivity contribution in [2.75, 3.05) is 12.4 Å². The number of halogens is 2. The Morgan fingerprint density at radius 3 is 2.10 bits per heavy atom.